The fourth-order valence-electron chi connectivity index (χ4n) is 3.84. The molecule has 0 radical (unpaired) electrons. The Kier molecular flexibility index (Phi) is 5.92. The van der Waals surface area contributed by atoms with Crippen LogP contribution in [0.2, 0.25) is 0 Å². The Morgan fingerprint density at radius 2 is 1.90 bits per heavy atom. The highest BCUT2D eigenvalue weighted by atomic mass is 32.1. The van der Waals surface area contributed by atoms with E-state index in [2.05, 4.69) is 5.32 Å². The van der Waals surface area contributed by atoms with Gasteiger partial charge in [0.1, 0.15) is 5.82 Å². The minimum absolute atomic E-state index is 0.119. The molecule has 2 heterocycles. The lowest BCUT2D eigenvalue weighted by molar-refractivity contribution is -0.119. The number of fused-ring (bicyclic) bond motifs is 1. The number of methoxy groups -OCH3 is 1. The topological polar surface area (TPSA) is 58.6 Å². The van der Waals surface area contributed by atoms with E-state index in [1.165, 1.54) is 35.6 Å². The second-order valence-corrected chi connectivity index (χ2v) is 7.99. The van der Waals surface area contributed by atoms with Gasteiger partial charge in [-0.25, -0.2) is 4.39 Å². The smallest absolute Gasteiger partial charge is 0.254 e. The number of carbonyl (C=O) groups excluding carboxylic acids is 2. The molecule has 4 rings (SSSR count). The van der Waals surface area contributed by atoms with Crippen LogP contribution < -0.4 is 5.32 Å². The molecule has 1 N–H and O–H groups in total. The molecule has 30 heavy (non-hydrogen) atoms. The first-order chi connectivity index (χ1) is 14.6. The number of nitrogens with one attached hydrogen (secondary N) is 1. The standard InChI is InChI=1S/C23H21FN2O3S/c1-29-13-12-26-21(19-7-4-14-30-19)20(17-5-2-3-6-18(17)23(26)28)22(27)25-16-10-8-15(24)9-11-16/h2-11,14,20-21H,12-13H2,1H3,(H,25,27)/t20-,21-/m1/s1. The van der Waals surface area contributed by atoms with E-state index in [1.807, 2.05) is 29.6 Å². The van der Waals surface area contributed by atoms with Gasteiger partial charge in [-0.1, -0.05) is 24.3 Å². The predicted octanol–water partition coefficient (Wildman–Crippen LogP) is 4.45. The van der Waals surface area contributed by atoms with Gasteiger partial charge >= 0.3 is 0 Å². The Morgan fingerprint density at radius 3 is 2.60 bits per heavy atom. The van der Waals surface area contributed by atoms with E-state index in [9.17, 15) is 14.0 Å². The van der Waals surface area contributed by atoms with Crippen LogP contribution in [0.25, 0.3) is 0 Å². The number of rotatable bonds is 6. The molecule has 154 valence electrons. The molecule has 3 aromatic rings. The van der Waals surface area contributed by atoms with Crippen LogP contribution in [0.1, 0.15) is 32.8 Å². The third kappa shape index (κ3) is 3.86. The first-order valence-corrected chi connectivity index (χ1v) is 10.5. The van der Waals surface area contributed by atoms with Gasteiger partial charge in [-0.15, -0.1) is 11.3 Å². The maximum absolute atomic E-state index is 13.5. The summed E-state index contributed by atoms with van der Waals surface area (Å²) in [5.41, 5.74) is 1.71. The van der Waals surface area contributed by atoms with Crippen molar-refractivity contribution in [3.8, 4) is 0 Å². The molecule has 1 aliphatic rings. The summed E-state index contributed by atoms with van der Waals surface area (Å²) in [4.78, 5) is 29.4. The van der Waals surface area contributed by atoms with Crippen LogP contribution in [0.5, 0.6) is 0 Å². The summed E-state index contributed by atoms with van der Waals surface area (Å²) in [5, 5.41) is 4.83. The zero-order chi connectivity index (χ0) is 21.1. The highest BCUT2D eigenvalue weighted by Gasteiger charge is 2.44. The van der Waals surface area contributed by atoms with E-state index < -0.39 is 12.0 Å². The van der Waals surface area contributed by atoms with Crippen LogP contribution in [0.4, 0.5) is 10.1 Å². The quantitative estimate of drug-likeness (QED) is 0.636. The summed E-state index contributed by atoms with van der Waals surface area (Å²) in [6.07, 6.45) is 0. The predicted molar refractivity (Wildman–Crippen MR) is 114 cm³/mol. The molecule has 2 aromatic carbocycles. The van der Waals surface area contributed by atoms with Gasteiger partial charge < -0.3 is 15.0 Å². The van der Waals surface area contributed by atoms with E-state index in [-0.39, 0.29) is 17.6 Å². The van der Waals surface area contributed by atoms with Gasteiger partial charge in [0, 0.05) is 29.8 Å². The number of halogens is 1. The molecular formula is C23H21FN2O3S. The SMILES string of the molecule is COCCN1C(=O)c2ccccc2[C@@H](C(=O)Nc2ccc(F)cc2)[C@H]1c1cccs1. The van der Waals surface area contributed by atoms with Crippen molar-refractivity contribution in [1.82, 2.24) is 4.90 Å². The van der Waals surface area contributed by atoms with Crippen LogP contribution in [-0.2, 0) is 9.53 Å². The van der Waals surface area contributed by atoms with Gasteiger partial charge in [0.25, 0.3) is 5.91 Å². The number of hydrogen-bond acceptors (Lipinski definition) is 4. The number of benzene rings is 2. The number of ether oxygens (including phenoxy) is 1. The number of anilines is 1. The highest BCUT2D eigenvalue weighted by molar-refractivity contribution is 7.10. The van der Waals surface area contributed by atoms with Crippen molar-refractivity contribution in [1.29, 1.82) is 0 Å². The molecule has 1 aromatic heterocycles. The second kappa shape index (κ2) is 8.77. The zero-order valence-electron chi connectivity index (χ0n) is 16.4. The fourth-order valence-corrected chi connectivity index (χ4v) is 4.71. The summed E-state index contributed by atoms with van der Waals surface area (Å²) in [6, 6.07) is 16.3. The van der Waals surface area contributed by atoms with Gasteiger partial charge in [0.15, 0.2) is 0 Å². The first kappa shape index (κ1) is 20.3. The Morgan fingerprint density at radius 1 is 1.13 bits per heavy atom. The summed E-state index contributed by atoms with van der Waals surface area (Å²) in [5.74, 6) is -1.35. The van der Waals surface area contributed by atoms with Crippen molar-refractivity contribution >= 4 is 28.8 Å². The van der Waals surface area contributed by atoms with E-state index in [0.29, 0.717) is 30.0 Å². The largest absolute Gasteiger partial charge is 0.383 e. The van der Waals surface area contributed by atoms with Crippen LogP contribution in [0.3, 0.4) is 0 Å². The zero-order valence-corrected chi connectivity index (χ0v) is 17.2. The number of carbonyl (C=O) groups is 2. The third-order valence-corrected chi connectivity index (χ3v) is 6.15. The normalized spacial score (nSPS) is 18.2. The maximum Gasteiger partial charge on any atom is 0.254 e. The van der Waals surface area contributed by atoms with E-state index in [1.54, 1.807) is 24.1 Å². The molecule has 0 unspecified atom stereocenters. The molecule has 0 saturated heterocycles. The Labute approximate surface area is 178 Å². The summed E-state index contributed by atoms with van der Waals surface area (Å²) >= 11 is 1.51. The molecule has 2 amide bonds. The number of hydrogen-bond donors (Lipinski definition) is 1. The van der Waals surface area contributed by atoms with Gasteiger partial charge in [0.2, 0.25) is 5.91 Å². The second-order valence-electron chi connectivity index (χ2n) is 7.01. The summed E-state index contributed by atoms with van der Waals surface area (Å²) in [7, 11) is 1.58. The van der Waals surface area contributed by atoms with Crippen molar-refractivity contribution in [2.45, 2.75) is 12.0 Å². The molecule has 2 atom stereocenters. The lowest BCUT2D eigenvalue weighted by Crippen LogP contribution is -2.47. The summed E-state index contributed by atoms with van der Waals surface area (Å²) < 4.78 is 18.5. The van der Waals surface area contributed by atoms with Crippen LogP contribution in [0.15, 0.2) is 66.0 Å². The Bertz CT molecular complexity index is 1040. The average Bonchev–Trinajstić information content (AvgIpc) is 3.29. The maximum atomic E-state index is 13.5. The number of amides is 2. The molecule has 0 aliphatic carbocycles. The molecule has 7 heteroatoms. The van der Waals surface area contributed by atoms with Crippen LogP contribution in [-0.4, -0.2) is 37.0 Å². The van der Waals surface area contributed by atoms with Crippen LogP contribution in [0, 0.1) is 5.82 Å². The van der Waals surface area contributed by atoms with Gasteiger partial charge in [0.05, 0.1) is 18.6 Å². The van der Waals surface area contributed by atoms with E-state index in [0.717, 1.165) is 4.88 Å². The molecule has 1 aliphatic heterocycles. The molecule has 0 spiro atoms. The lowest BCUT2D eigenvalue weighted by atomic mass is 9.81. The fraction of sp³-hybridized carbons (Fsp3) is 0.217. The monoisotopic (exact) mass is 424 g/mol. The van der Waals surface area contributed by atoms with Crippen molar-refractivity contribution in [3.63, 3.8) is 0 Å². The van der Waals surface area contributed by atoms with Crippen LogP contribution >= 0.6 is 11.3 Å². The number of nitrogens with zero attached hydrogens (tertiary/aromatic N) is 1. The highest BCUT2D eigenvalue weighted by Crippen LogP contribution is 2.44. The lowest BCUT2D eigenvalue weighted by Gasteiger charge is -2.41. The minimum atomic E-state index is -0.612. The van der Waals surface area contributed by atoms with Gasteiger partial charge in [-0.2, -0.15) is 0 Å². The van der Waals surface area contributed by atoms with Crippen molar-refractivity contribution in [2.75, 3.05) is 25.6 Å². The Balaban J connectivity index is 1.78. The molecule has 0 bridgehead atoms. The Hall–Kier alpha value is -3.03. The van der Waals surface area contributed by atoms with E-state index in [4.69, 9.17) is 4.74 Å². The minimum Gasteiger partial charge on any atom is -0.383 e. The van der Waals surface area contributed by atoms with Crippen molar-refractivity contribution < 1.29 is 18.7 Å². The summed E-state index contributed by atoms with van der Waals surface area (Å²) in [6.45, 7) is 0.731. The average molecular weight is 424 g/mol. The molecule has 0 fully saturated rings. The third-order valence-electron chi connectivity index (χ3n) is 5.20. The van der Waals surface area contributed by atoms with Gasteiger partial charge in [-0.05, 0) is 47.3 Å². The van der Waals surface area contributed by atoms with E-state index >= 15 is 0 Å². The molecule has 5 nitrogen and oxygen atoms in total. The first-order valence-electron chi connectivity index (χ1n) is 9.59. The molecule has 0 saturated carbocycles. The van der Waals surface area contributed by atoms with Crippen molar-refractivity contribution in [3.05, 3.63) is 87.9 Å². The van der Waals surface area contributed by atoms with Crippen molar-refractivity contribution in [2.24, 2.45) is 0 Å². The molecular weight excluding hydrogens is 403 g/mol. The van der Waals surface area contributed by atoms with Gasteiger partial charge in [-0.3, -0.25) is 9.59 Å². The number of thiophene rings is 1.